The number of carboxylic acid groups (broad SMARTS) is 1. The third kappa shape index (κ3) is 3.42. The van der Waals surface area contributed by atoms with E-state index >= 15 is 0 Å². The molecule has 0 spiro atoms. The van der Waals surface area contributed by atoms with Gasteiger partial charge in [0.2, 0.25) is 5.54 Å². The van der Waals surface area contributed by atoms with Crippen LogP contribution < -0.4 is 14.8 Å². The van der Waals surface area contributed by atoms with Gasteiger partial charge in [0, 0.05) is 4.75 Å². The van der Waals surface area contributed by atoms with Crippen molar-refractivity contribution in [2.75, 3.05) is 13.2 Å². The Morgan fingerprint density at radius 1 is 1.16 bits per heavy atom. The number of nitrogens with one attached hydrogen (secondary N) is 1. The number of carbonyl (C=O) groups excluding carboxylic acids is 3. The first-order valence-electron chi connectivity index (χ1n) is 9.98. The zero-order valence-electron chi connectivity index (χ0n) is 18.1. The van der Waals surface area contributed by atoms with Crippen LogP contribution in [0.3, 0.4) is 0 Å². The summed E-state index contributed by atoms with van der Waals surface area (Å²) in [5.41, 5.74) is -1.78. The molecule has 9 nitrogen and oxygen atoms in total. The maximum Gasteiger partial charge on any atom is 0.327 e. The van der Waals surface area contributed by atoms with E-state index in [0.717, 1.165) is 0 Å². The minimum absolute atomic E-state index is 0.0788. The van der Waals surface area contributed by atoms with Crippen molar-refractivity contribution < 1.29 is 33.8 Å². The van der Waals surface area contributed by atoms with Gasteiger partial charge in [0.05, 0.1) is 13.2 Å². The highest BCUT2D eigenvalue weighted by Gasteiger charge is 2.74. The third-order valence-corrected chi connectivity index (χ3v) is 7.10. The van der Waals surface area contributed by atoms with Crippen LogP contribution in [0.1, 0.15) is 45.0 Å². The number of Topliss-reactive ketones (excluding diaryl/α,β-unsaturated/α-hetero) is 1. The van der Waals surface area contributed by atoms with E-state index in [1.165, 1.54) is 23.6 Å². The van der Waals surface area contributed by atoms with E-state index in [1.807, 2.05) is 0 Å². The highest BCUT2D eigenvalue weighted by Crippen LogP contribution is 2.55. The Morgan fingerprint density at radius 2 is 1.71 bits per heavy atom. The van der Waals surface area contributed by atoms with Gasteiger partial charge in [-0.1, -0.05) is 6.07 Å². The molecule has 2 amide bonds. The Labute approximate surface area is 184 Å². The molecule has 2 heterocycles. The Hall–Kier alpha value is -2.75. The van der Waals surface area contributed by atoms with Crippen LogP contribution in [0.15, 0.2) is 18.2 Å². The lowest BCUT2D eigenvalue weighted by Gasteiger charge is -2.51. The fourth-order valence-corrected chi connectivity index (χ4v) is 5.87. The molecular weight excluding hydrogens is 424 g/mol. The summed E-state index contributed by atoms with van der Waals surface area (Å²) in [4.78, 5) is 52.2. The molecule has 0 unspecified atom stereocenters. The molecule has 0 radical (unpaired) electrons. The summed E-state index contributed by atoms with van der Waals surface area (Å²) in [7, 11) is 0. The minimum atomic E-state index is -1.86. The van der Waals surface area contributed by atoms with E-state index in [2.05, 4.69) is 5.32 Å². The van der Waals surface area contributed by atoms with Crippen LogP contribution in [0.2, 0.25) is 0 Å². The number of aliphatic carboxylic acids is 1. The SMILES string of the molecule is CCOc1cccc(OCC)c1C(=O)N[C@@]1(C(C)=O)C(=O)N2[C@@H](C(=O)O)C(C)(C)S[C@@H]21. The zero-order valence-corrected chi connectivity index (χ0v) is 18.9. The molecule has 2 fully saturated rings. The van der Waals surface area contributed by atoms with Crippen molar-refractivity contribution in [3.8, 4) is 11.5 Å². The van der Waals surface area contributed by atoms with Gasteiger partial charge in [-0.15, -0.1) is 11.8 Å². The molecule has 0 saturated carbocycles. The first-order valence-corrected chi connectivity index (χ1v) is 10.9. The first-order chi connectivity index (χ1) is 14.5. The Bertz CT molecular complexity index is 923. The normalized spacial score (nSPS) is 26.0. The average molecular weight is 451 g/mol. The second-order valence-electron chi connectivity index (χ2n) is 7.84. The number of rotatable bonds is 8. The molecule has 2 aliphatic rings. The van der Waals surface area contributed by atoms with Gasteiger partial charge in [-0.05, 0) is 46.8 Å². The highest BCUT2D eigenvalue weighted by molar-refractivity contribution is 8.01. The van der Waals surface area contributed by atoms with Crippen molar-refractivity contribution in [2.45, 2.75) is 56.3 Å². The molecule has 31 heavy (non-hydrogen) atoms. The molecule has 2 saturated heterocycles. The molecule has 10 heteroatoms. The smallest absolute Gasteiger partial charge is 0.327 e. The van der Waals surface area contributed by atoms with E-state index in [0.29, 0.717) is 13.2 Å². The van der Waals surface area contributed by atoms with Crippen LogP contribution in [0, 0.1) is 0 Å². The van der Waals surface area contributed by atoms with Gasteiger partial charge in [0.1, 0.15) is 28.5 Å². The standard InChI is InChI=1S/C21H26N2O7S/c1-6-29-12-9-8-10-13(30-7-2)14(12)16(25)22-21(11(3)24)18(28)23-15(17(26)27)20(4,5)31-19(21)23/h8-10,15,19H,6-7H2,1-5H3,(H,22,25)(H,26,27)/t15-,19+,21-/m0/s1. The molecular formula is C21H26N2O7S. The first kappa shape index (κ1) is 22.9. The Balaban J connectivity index is 2.02. The summed E-state index contributed by atoms with van der Waals surface area (Å²) in [6, 6.07) is 3.78. The van der Waals surface area contributed by atoms with Gasteiger partial charge >= 0.3 is 5.97 Å². The number of hydrogen-bond donors (Lipinski definition) is 2. The summed E-state index contributed by atoms with van der Waals surface area (Å²) >= 11 is 1.19. The largest absolute Gasteiger partial charge is 0.493 e. The number of benzene rings is 1. The van der Waals surface area contributed by atoms with E-state index in [1.54, 1.807) is 45.9 Å². The van der Waals surface area contributed by atoms with Crippen LogP contribution >= 0.6 is 11.8 Å². The molecule has 168 valence electrons. The van der Waals surface area contributed by atoms with E-state index in [9.17, 15) is 24.3 Å². The monoisotopic (exact) mass is 450 g/mol. The van der Waals surface area contributed by atoms with E-state index in [-0.39, 0.29) is 17.1 Å². The van der Waals surface area contributed by atoms with Crippen LogP contribution in [0.5, 0.6) is 11.5 Å². The van der Waals surface area contributed by atoms with Crippen molar-refractivity contribution in [1.29, 1.82) is 0 Å². The number of thioether (sulfide) groups is 1. The second-order valence-corrected chi connectivity index (χ2v) is 9.57. The molecule has 2 N–H and O–H groups in total. The lowest BCUT2D eigenvalue weighted by Crippen LogP contribution is -2.82. The van der Waals surface area contributed by atoms with Crippen molar-refractivity contribution in [2.24, 2.45) is 0 Å². The number of hydrogen-bond acceptors (Lipinski definition) is 7. The lowest BCUT2D eigenvalue weighted by molar-refractivity contribution is -0.170. The predicted octanol–water partition coefficient (Wildman–Crippen LogP) is 1.69. The number of ether oxygens (including phenoxy) is 2. The number of ketones is 1. The summed E-state index contributed by atoms with van der Waals surface area (Å²) in [5, 5.41) is 11.4. The number of carbonyl (C=O) groups is 4. The van der Waals surface area contributed by atoms with Gasteiger partial charge in [-0.2, -0.15) is 0 Å². The molecule has 3 atom stereocenters. The summed E-state index contributed by atoms with van der Waals surface area (Å²) in [6.45, 7) is 8.75. The predicted molar refractivity (Wildman–Crippen MR) is 113 cm³/mol. The average Bonchev–Trinajstić information content (AvgIpc) is 2.95. The Kier molecular flexibility index (Phi) is 5.96. The van der Waals surface area contributed by atoms with Crippen molar-refractivity contribution in [3.63, 3.8) is 0 Å². The molecule has 0 aromatic heterocycles. The highest BCUT2D eigenvalue weighted by atomic mass is 32.2. The van der Waals surface area contributed by atoms with Gasteiger partial charge < -0.3 is 24.8 Å². The fourth-order valence-electron chi connectivity index (χ4n) is 4.12. The number of amides is 2. The van der Waals surface area contributed by atoms with Gasteiger partial charge in [0.25, 0.3) is 11.8 Å². The minimum Gasteiger partial charge on any atom is -0.493 e. The number of fused-ring (bicyclic) bond motifs is 1. The van der Waals surface area contributed by atoms with Crippen molar-refractivity contribution in [1.82, 2.24) is 10.2 Å². The van der Waals surface area contributed by atoms with Gasteiger partial charge in [0.15, 0.2) is 5.78 Å². The fraction of sp³-hybridized carbons (Fsp3) is 0.524. The van der Waals surface area contributed by atoms with E-state index in [4.69, 9.17) is 9.47 Å². The van der Waals surface area contributed by atoms with Crippen molar-refractivity contribution >= 4 is 35.3 Å². The second kappa shape index (κ2) is 8.07. The molecule has 0 aliphatic carbocycles. The number of carboxylic acids is 1. The Morgan fingerprint density at radius 3 is 2.16 bits per heavy atom. The quantitative estimate of drug-likeness (QED) is 0.453. The number of nitrogens with zero attached hydrogens (tertiary/aromatic N) is 1. The van der Waals surface area contributed by atoms with Crippen LogP contribution in [0.4, 0.5) is 0 Å². The van der Waals surface area contributed by atoms with Crippen LogP contribution in [-0.4, -0.2) is 68.5 Å². The van der Waals surface area contributed by atoms with Gasteiger partial charge in [-0.25, -0.2) is 4.79 Å². The maximum atomic E-state index is 13.3. The third-order valence-electron chi connectivity index (χ3n) is 5.46. The van der Waals surface area contributed by atoms with Crippen LogP contribution in [-0.2, 0) is 14.4 Å². The van der Waals surface area contributed by atoms with Gasteiger partial charge in [-0.3, -0.25) is 14.4 Å². The molecule has 2 aliphatic heterocycles. The molecule has 1 aromatic carbocycles. The zero-order chi connectivity index (χ0) is 23.1. The summed E-state index contributed by atoms with van der Waals surface area (Å²) in [5.74, 6) is -2.62. The summed E-state index contributed by atoms with van der Waals surface area (Å²) < 4.78 is 10.3. The van der Waals surface area contributed by atoms with E-state index < -0.39 is 45.3 Å². The molecule has 3 rings (SSSR count). The topological polar surface area (TPSA) is 122 Å². The molecule has 0 bridgehead atoms. The number of β-lactam (4-membered cyclic amide) rings is 1. The van der Waals surface area contributed by atoms with Crippen molar-refractivity contribution in [3.05, 3.63) is 23.8 Å². The maximum absolute atomic E-state index is 13.3. The lowest BCUT2D eigenvalue weighted by atomic mass is 9.81. The van der Waals surface area contributed by atoms with Crippen LogP contribution in [0.25, 0.3) is 0 Å². The summed E-state index contributed by atoms with van der Waals surface area (Å²) in [6.07, 6.45) is 0. The molecule has 1 aromatic rings.